The average Bonchev–Trinajstić information content (AvgIpc) is 3.05. The van der Waals surface area contributed by atoms with E-state index >= 15 is 0 Å². The van der Waals surface area contributed by atoms with Crippen LogP contribution in [0.4, 0.5) is 17.5 Å². The molecule has 1 unspecified atom stereocenters. The molecule has 1 aliphatic rings. The number of hydrogen-bond donors (Lipinski definition) is 3. The van der Waals surface area contributed by atoms with Crippen LogP contribution in [-0.2, 0) is 4.79 Å². The fourth-order valence-electron chi connectivity index (χ4n) is 2.64. The van der Waals surface area contributed by atoms with Gasteiger partial charge in [0.1, 0.15) is 5.82 Å². The molecule has 10 heteroatoms. The first kappa shape index (κ1) is 15.6. The molecule has 0 radical (unpaired) electrons. The van der Waals surface area contributed by atoms with Gasteiger partial charge in [0.15, 0.2) is 0 Å². The maximum atomic E-state index is 12.8. The number of pyridine rings is 1. The zero-order valence-corrected chi connectivity index (χ0v) is 13.5. The van der Waals surface area contributed by atoms with E-state index < -0.39 is 0 Å². The second-order valence-corrected chi connectivity index (χ2v) is 5.45. The van der Waals surface area contributed by atoms with E-state index in [4.69, 9.17) is 11.1 Å². The van der Waals surface area contributed by atoms with Crippen molar-refractivity contribution in [3.8, 4) is 0 Å². The summed E-state index contributed by atoms with van der Waals surface area (Å²) in [5, 5.41) is 21.7. The lowest BCUT2D eigenvalue weighted by Gasteiger charge is -2.30. The second kappa shape index (κ2) is 5.72. The van der Waals surface area contributed by atoms with Gasteiger partial charge in [0.2, 0.25) is 5.95 Å². The molecule has 0 aliphatic carbocycles. The topological polar surface area (TPSA) is 139 Å². The highest BCUT2D eigenvalue weighted by Crippen LogP contribution is 2.32. The molecule has 0 spiro atoms. The van der Waals surface area contributed by atoms with Crippen molar-refractivity contribution in [2.75, 3.05) is 23.0 Å². The summed E-state index contributed by atoms with van der Waals surface area (Å²) < 4.78 is 1.59. The Hall–Kier alpha value is -3.30. The maximum absolute atomic E-state index is 12.8. The molecule has 3 heterocycles. The minimum absolute atomic E-state index is 0.238. The van der Waals surface area contributed by atoms with Crippen LogP contribution in [0.2, 0.25) is 0 Å². The number of rotatable bonds is 3. The maximum Gasteiger partial charge on any atom is 0.255 e. The largest absolute Gasteiger partial charge is 0.383 e. The van der Waals surface area contributed by atoms with Gasteiger partial charge in [-0.2, -0.15) is 0 Å². The molecule has 1 atom stereocenters. The van der Waals surface area contributed by atoms with Crippen LogP contribution in [0.5, 0.6) is 0 Å². The van der Waals surface area contributed by atoms with Gasteiger partial charge in [0.25, 0.3) is 5.91 Å². The Labute approximate surface area is 137 Å². The highest BCUT2D eigenvalue weighted by molar-refractivity contribution is 6.05. The van der Waals surface area contributed by atoms with Crippen molar-refractivity contribution in [3.63, 3.8) is 0 Å². The van der Waals surface area contributed by atoms with Gasteiger partial charge in [0.05, 0.1) is 23.5 Å². The van der Waals surface area contributed by atoms with Crippen molar-refractivity contribution in [3.05, 3.63) is 29.1 Å². The SMILES string of the molecule is CC1=C(C(=O)Nc2cnc(N)c(C=N)c2)C(C)n2nnnc2N1C. The van der Waals surface area contributed by atoms with Gasteiger partial charge < -0.3 is 21.4 Å². The second-order valence-electron chi connectivity index (χ2n) is 5.45. The van der Waals surface area contributed by atoms with E-state index in [0.717, 1.165) is 11.9 Å². The molecule has 2 aromatic heterocycles. The zero-order chi connectivity index (χ0) is 17.4. The number of nitrogens with zero attached hydrogens (tertiary/aromatic N) is 6. The molecular weight excluding hydrogens is 310 g/mol. The summed E-state index contributed by atoms with van der Waals surface area (Å²) in [5.41, 5.74) is 7.87. The number of amides is 1. The summed E-state index contributed by atoms with van der Waals surface area (Å²) in [5.74, 6) is 0.537. The molecule has 3 rings (SSSR count). The number of aromatic nitrogens is 5. The van der Waals surface area contributed by atoms with Gasteiger partial charge in [-0.15, -0.1) is 0 Å². The van der Waals surface area contributed by atoms with E-state index in [-0.39, 0.29) is 17.8 Å². The number of carbonyl (C=O) groups is 1. The van der Waals surface area contributed by atoms with E-state index in [1.165, 1.54) is 6.20 Å². The van der Waals surface area contributed by atoms with E-state index in [9.17, 15) is 4.79 Å². The Morgan fingerprint density at radius 3 is 2.96 bits per heavy atom. The molecule has 1 aliphatic heterocycles. The Morgan fingerprint density at radius 2 is 2.25 bits per heavy atom. The summed E-state index contributed by atoms with van der Waals surface area (Å²) in [7, 11) is 1.80. The molecular formula is C14H17N9O. The number of nitrogens with two attached hydrogens (primary N) is 1. The number of nitrogen functional groups attached to an aromatic ring is 1. The lowest BCUT2D eigenvalue weighted by molar-refractivity contribution is -0.113. The van der Waals surface area contributed by atoms with Crippen molar-refractivity contribution in [1.29, 1.82) is 5.41 Å². The molecule has 1 amide bonds. The van der Waals surface area contributed by atoms with Gasteiger partial charge in [-0.25, -0.2) is 9.67 Å². The Kier molecular flexibility index (Phi) is 3.72. The number of hydrogen-bond acceptors (Lipinski definition) is 8. The first-order valence-corrected chi connectivity index (χ1v) is 7.23. The first-order valence-electron chi connectivity index (χ1n) is 7.23. The number of carbonyl (C=O) groups excluding carboxylic acids is 1. The van der Waals surface area contributed by atoms with E-state index in [2.05, 4.69) is 25.8 Å². The number of tetrazole rings is 1. The lowest BCUT2D eigenvalue weighted by atomic mass is 10.0. The molecule has 24 heavy (non-hydrogen) atoms. The van der Waals surface area contributed by atoms with Crippen molar-refractivity contribution < 1.29 is 4.79 Å². The Bertz CT molecular complexity index is 854. The van der Waals surface area contributed by atoms with E-state index in [1.807, 2.05) is 13.8 Å². The molecule has 0 aromatic carbocycles. The highest BCUT2D eigenvalue weighted by atomic mass is 16.1. The summed E-state index contributed by atoms with van der Waals surface area (Å²) in [6.45, 7) is 3.70. The number of anilines is 3. The first-order chi connectivity index (χ1) is 11.4. The van der Waals surface area contributed by atoms with Gasteiger partial charge in [-0.1, -0.05) is 5.10 Å². The van der Waals surface area contributed by atoms with Crippen LogP contribution in [0.3, 0.4) is 0 Å². The van der Waals surface area contributed by atoms with Crippen LogP contribution in [0.1, 0.15) is 25.5 Å². The van der Waals surface area contributed by atoms with Crippen molar-refractivity contribution in [2.24, 2.45) is 0 Å². The van der Waals surface area contributed by atoms with Gasteiger partial charge >= 0.3 is 0 Å². The van der Waals surface area contributed by atoms with Crippen molar-refractivity contribution >= 4 is 29.6 Å². The lowest BCUT2D eigenvalue weighted by Crippen LogP contribution is -2.34. The summed E-state index contributed by atoms with van der Waals surface area (Å²) in [6.07, 6.45) is 2.54. The van der Waals surface area contributed by atoms with Crippen molar-refractivity contribution in [1.82, 2.24) is 25.2 Å². The van der Waals surface area contributed by atoms with Crippen LogP contribution < -0.4 is 16.0 Å². The van der Waals surface area contributed by atoms with E-state index in [0.29, 0.717) is 22.8 Å². The third-order valence-corrected chi connectivity index (χ3v) is 4.06. The predicted molar refractivity (Wildman–Crippen MR) is 88.8 cm³/mol. The summed E-state index contributed by atoms with van der Waals surface area (Å²) in [6, 6.07) is 1.29. The normalized spacial score (nSPS) is 16.8. The van der Waals surface area contributed by atoms with Crippen LogP contribution in [0.25, 0.3) is 0 Å². The number of nitrogens with one attached hydrogen (secondary N) is 2. The molecule has 0 saturated carbocycles. The van der Waals surface area contributed by atoms with Crippen LogP contribution in [0.15, 0.2) is 23.5 Å². The fraction of sp³-hybridized carbons (Fsp3) is 0.286. The summed E-state index contributed by atoms with van der Waals surface area (Å²) in [4.78, 5) is 18.5. The molecule has 0 bridgehead atoms. The monoisotopic (exact) mass is 327 g/mol. The minimum Gasteiger partial charge on any atom is -0.383 e. The van der Waals surface area contributed by atoms with Crippen LogP contribution >= 0.6 is 0 Å². The van der Waals surface area contributed by atoms with Gasteiger partial charge in [-0.3, -0.25) is 4.79 Å². The average molecular weight is 327 g/mol. The van der Waals surface area contributed by atoms with Crippen molar-refractivity contribution in [2.45, 2.75) is 19.9 Å². The molecule has 0 fully saturated rings. The van der Waals surface area contributed by atoms with E-state index in [1.54, 1.807) is 22.7 Å². The third kappa shape index (κ3) is 2.37. The smallest absolute Gasteiger partial charge is 0.255 e. The molecule has 124 valence electrons. The molecule has 0 saturated heterocycles. The zero-order valence-electron chi connectivity index (χ0n) is 13.5. The van der Waals surface area contributed by atoms with Gasteiger partial charge in [-0.05, 0) is 30.3 Å². The van der Waals surface area contributed by atoms with Crippen LogP contribution in [-0.4, -0.2) is 44.4 Å². The highest BCUT2D eigenvalue weighted by Gasteiger charge is 2.32. The Morgan fingerprint density at radius 1 is 1.50 bits per heavy atom. The predicted octanol–water partition coefficient (Wildman–Crippen LogP) is 0.571. The minimum atomic E-state index is -0.310. The number of allylic oxidation sites excluding steroid dienone is 1. The fourth-order valence-corrected chi connectivity index (χ4v) is 2.64. The van der Waals surface area contributed by atoms with Gasteiger partial charge in [0, 0.05) is 24.5 Å². The molecule has 2 aromatic rings. The molecule has 10 nitrogen and oxygen atoms in total. The standard InChI is InChI=1S/C14H17N9O/c1-7-11(8(2)23-14(22(7)3)19-20-21-23)13(24)18-10-4-9(5-15)12(16)17-6-10/h4-6,8,15H,1-3H3,(H2,16,17)(H,18,24). The van der Waals surface area contributed by atoms with Crippen LogP contribution in [0, 0.1) is 5.41 Å². The summed E-state index contributed by atoms with van der Waals surface area (Å²) >= 11 is 0. The molecule has 4 N–H and O–H groups in total. The number of fused-ring (bicyclic) bond motifs is 1. The Balaban J connectivity index is 1.92. The third-order valence-electron chi connectivity index (χ3n) is 4.06. The quantitative estimate of drug-likeness (QED) is 0.700.